The monoisotopic (exact) mass is 448 g/mol. The highest BCUT2D eigenvalue weighted by atomic mass is 16.6. The summed E-state index contributed by atoms with van der Waals surface area (Å²) in [5.41, 5.74) is -2.57. The van der Waals surface area contributed by atoms with E-state index in [2.05, 4.69) is 6.58 Å². The molecule has 6 fully saturated rings. The number of hydrogen-bond acceptors (Lipinski definition) is 8. The molecule has 2 spiro atoms. The van der Waals surface area contributed by atoms with Crippen molar-refractivity contribution in [3.05, 3.63) is 12.2 Å². The highest BCUT2D eigenvalue weighted by molar-refractivity contribution is 6.04. The number of carbonyl (C=O) groups is 3. The zero-order valence-electron chi connectivity index (χ0n) is 19.1. The molecule has 8 heteroatoms. The SMILES string of the molecule is C=C1C(=O)[C@]23C[C@H]1C[C@@H](OC(C)=O)[C@H]2[C@@]12COC3(O)[C@@H](O)[C@@H]1C(C)(C)CC[C@@H]2OC(C)=O. The minimum atomic E-state index is -2.13. The van der Waals surface area contributed by atoms with E-state index in [1.165, 1.54) is 13.8 Å². The lowest BCUT2D eigenvalue weighted by Crippen LogP contribution is -2.85. The van der Waals surface area contributed by atoms with Gasteiger partial charge in [0, 0.05) is 31.1 Å². The molecule has 0 aromatic heterocycles. The minimum absolute atomic E-state index is 0.00120. The molecular weight excluding hydrogens is 416 g/mol. The summed E-state index contributed by atoms with van der Waals surface area (Å²) < 4.78 is 17.7. The lowest BCUT2D eigenvalue weighted by atomic mass is 9.35. The number of ketones is 1. The number of aliphatic hydroxyl groups is 2. The first-order chi connectivity index (χ1) is 14.8. The van der Waals surface area contributed by atoms with E-state index in [1.807, 2.05) is 13.8 Å². The molecule has 0 radical (unpaired) electrons. The first kappa shape index (κ1) is 22.0. The van der Waals surface area contributed by atoms with Crippen molar-refractivity contribution < 1.29 is 38.8 Å². The van der Waals surface area contributed by atoms with Crippen molar-refractivity contribution >= 4 is 17.7 Å². The van der Waals surface area contributed by atoms with Gasteiger partial charge >= 0.3 is 11.9 Å². The summed E-state index contributed by atoms with van der Waals surface area (Å²) in [7, 11) is 0. The highest BCUT2D eigenvalue weighted by Crippen LogP contribution is 2.77. The number of Topliss-reactive ketones (excluding diaryl/α,β-unsaturated/α-hetero) is 1. The molecule has 0 aromatic rings. The Bertz CT molecular complexity index is 925. The van der Waals surface area contributed by atoms with Gasteiger partial charge in [0.1, 0.15) is 18.3 Å². The summed E-state index contributed by atoms with van der Waals surface area (Å²) in [5, 5.41) is 23.6. The lowest BCUT2D eigenvalue weighted by molar-refractivity contribution is -0.455. The molecule has 2 saturated heterocycles. The number of aliphatic hydroxyl groups excluding tert-OH is 1. The molecule has 4 aliphatic carbocycles. The van der Waals surface area contributed by atoms with Crippen LogP contribution in [0.15, 0.2) is 12.2 Å². The molecular formula is C24H32O8. The number of hydrogen-bond donors (Lipinski definition) is 2. The summed E-state index contributed by atoms with van der Waals surface area (Å²) in [6.45, 7) is 10.7. The van der Waals surface area contributed by atoms with Gasteiger partial charge in [0.2, 0.25) is 5.79 Å². The molecule has 2 N–H and O–H groups in total. The predicted octanol–water partition coefficient (Wildman–Crippen LogP) is 1.52. The normalized spacial score (nSPS) is 50.4. The van der Waals surface area contributed by atoms with Gasteiger partial charge in [-0.3, -0.25) is 14.4 Å². The third-order valence-corrected chi connectivity index (χ3v) is 9.35. The van der Waals surface area contributed by atoms with Crippen LogP contribution in [0.3, 0.4) is 0 Å². The molecule has 2 aliphatic heterocycles. The van der Waals surface area contributed by atoms with Crippen LogP contribution in [0.25, 0.3) is 0 Å². The lowest BCUT2D eigenvalue weighted by Gasteiger charge is -2.74. The Morgan fingerprint density at radius 2 is 1.81 bits per heavy atom. The zero-order chi connectivity index (χ0) is 23.4. The van der Waals surface area contributed by atoms with E-state index in [0.29, 0.717) is 24.8 Å². The Labute approximate surface area is 187 Å². The number of carbonyl (C=O) groups excluding carboxylic acids is 3. The summed E-state index contributed by atoms with van der Waals surface area (Å²) in [6.07, 6.45) is -0.844. The maximum atomic E-state index is 13.8. The molecule has 8 nitrogen and oxygen atoms in total. The van der Waals surface area contributed by atoms with Gasteiger partial charge in [-0.05, 0) is 42.6 Å². The van der Waals surface area contributed by atoms with Gasteiger partial charge in [0.05, 0.1) is 12.0 Å². The predicted molar refractivity (Wildman–Crippen MR) is 110 cm³/mol. The fourth-order valence-electron chi connectivity index (χ4n) is 8.52. The van der Waals surface area contributed by atoms with E-state index in [-0.39, 0.29) is 24.7 Å². The first-order valence-electron chi connectivity index (χ1n) is 11.5. The largest absolute Gasteiger partial charge is 0.462 e. The van der Waals surface area contributed by atoms with Crippen molar-refractivity contribution in [2.24, 2.45) is 34.0 Å². The van der Waals surface area contributed by atoms with E-state index < -0.39 is 64.1 Å². The fourth-order valence-corrected chi connectivity index (χ4v) is 8.52. The van der Waals surface area contributed by atoms with E-state index in [4.69, 9.17) is 14.2 Å². The summed E-state index contributed by atoms with van der Waals surface area (Å²) in [6, 6.07) is 0. The Morgan fingerprint density at radius 3 is 2.44 bits per heavy atom. The Hall–Kier alpha value is -1.77. The van der Waals surface area contributed by atoms with E-state index in [9.17, 15) is 24.6 Å². The number of fused-ring (bicyclic) bond motifs is 2. The van der Waals surface area contributed by atoms with Crippen LogP contribution in [-0.4, -0.2) is 58.6 Å². The van der Waals surface area contributed by atoms with Crippen molar-refractivity contribution in [3.63, 3.8) is 0 Å². The summed E-state index contributed by atoms with van der Waals surface area (Å²) in [4.78, 5) is 38.0. The van der Waals surface area contributed by atoms with E-state index in [0.717, 1.165) is 0 Å². The topological polar surface area (TPSA) is 119 Å². The maximum Gasteiger partial charge on any atom is 0.302 e. The smallest absolute Gasteiger partial charge is 0.302 e. The zero-order valence-corrected chi connectivity index (χ0v) is 19.1. The second-order valence-corrected chi connectivity index (χ2v) is 11.2. The van der Waals surface area contributed by atoms with Crippen LogP contribution in [0.1, 0.15) is 53.4 Å². The van der Waals surface area contributed by atoms with Crippen molar-refractivity contribution in [1.29, 1.82) is 0 Å². The maximum absolute atomic E-state index is 13.8. The second kappa shape index (κ2) is 6.42. The standard InChI is InChI=1S/C24H32O8/c1-11-14-8-15(31-12(2)25)17-22-10-30-24(29,23(17,9-14)19(11)27)20(28)18(22)21(4,5)7-6-16(22)32-13(3)26/h14-18,20,28-29H,1,6-10H2,2-5H3/t14-,15-,16+,17+,18-,20+,22+,23+,24?/m1/s1. The Balaban J connectivity index is 1.80. The Morgan fingerprint density at radius 1 is 1.16 bits per heavy atom. The third-order valence-electron chi connectivity index (χ3n) is 9.35. The minimum Gasteiger partial charge on any atom is -0.462 e. The molecule has 9 atom stereocenters. The van der Waals surface area contributed by atoms with Gasteiger partial charge in [-0.25, -0.2) is 0 Å². The second-order valence-electron chi connectivity index (χ2n) is 11.2. The van der Waals surface area contributed by atoms with Crippen molar-refractivity contribution in [3.8, 4) is 0 Å². The third kappa shape index (κ3) is 2.31. The van der Waals surface area contributed by atoms with E-state index in [1.54, 1.807) is 0 Å². The van der Waals surface area contributed by atoms with Crippen LogP contribution in [0.2, 0.25) is 0 Å². The average Bonchev–Trinajstić information content (AvgIpc) is 2.87. The van der Waals surface area contributed by atoms with Gasteiger partial charge in [0.25, 0.3) is 0 Å². The first-order valence-corrected chi connectivity index (χ1v) is 11.5. The van der Waals surface area contributed by atoms with Crippen molar-refractivity contribution in [1.82, 2.24) is 0 Å². The molecule has 0 amide bonds. The average molecular weight is 449 g/mol. The quantitative estimate of drug-likeness (QED) is 0.482. The van der Waals surface area contributed by atoms with Crippen LogP contribution < -0.4 is 0 Å². The molecule has 0 aromatic carbocycles. The number of allylic oxidation sites excluding steroid dienone is 1. The molecule has 4 saturated carbocycles. The van der Waals surface area contributed by atoms with Crippen LogP contribution in [-0.2, 0) is 28.6 Å². The molecule has 1 unspecified atom stereocenters. The number of rotatable bonds is 2. The number of ether oxygens (including phenoxy) is 3. The number of esters is 2. The molecule has 6 aliphatic rings. The molecule has 6 rings (SSSR count). The molecule has 32 heavy (non-hydrogen) atoms. The summed E-state index contributed by atoms with van der Waals surface area (Å²) in [5.74, 6) is -4.89. The highest BCUT2D eigenvalue weighted by Gasteiger charge is 2.86. The van der Waals surface area contributed by atoms with Crippen molar-refractivity contribution in [2.45, 2.75) is 77.5 Å². The summed E-state index contributed by atoms with van der Waals surface area (Å²) >= 11 is 0. The van der Waals surface area contributed by atoms with Gasteiger partial charge in [0.15, 0.2) is 5.78 Å². The van der Waals surface area contributed by atoms with Crippen LogP contribution >= 0.6 is 0 Å². The van der Waals surface area contributed by atoms with Gasteiger partial charge in [-0.15, -0.1) is 0 Å². The molecule has 2 heterocycles. The Kier molecular flexibility index (Phi) is 4.42. The van der Waals surface area contributed by atoms with Crippen LogP contribution in [0, 0.1) is 34.0 Å². The van der Waals surface area contributed by atoms with Crippen LogP contribution in [0.5, 0.6) is 0 Å². The van der Waals surface area contributed by atoms with Gasteiger partial charge in [-0.2, -0.15) is 0 Å². The van der Waals surface area contributed by atoms with Gasteiger partial charge < -0.3 is 24.4 Å². The van der Waals surface area contributed by atoms with Crippen molar-refractivity contribution in [2.75, 3.05) is 6.61 Å². The van der Waals surface area contributed by atoms with Gasteiger partial charge in [-0.1, -0.05) is 20.4 Å². The van der Waals surface area contributed by atoms with E-state index >= 15 is 0 Å². The molecule has 176 valence electrons. The van der Waals surface area contributed by atoms with Crippen LogP contribution in [0.4, 0.5) is 0 Å². The molecule has 4 bridgehead atoms. The fraction of sp³-hybridized carbons (Fsp3) is 0.792.